The van der Waals surface area contributed by atoms with Crippen molar-refractivity contribution in [3.8, 4) is 11.4 Å². The molecule has 2 aromatic carbocycles. The van der Waals surface area contributed by atoms with Gasteiger partial charge in [0.15, 0.2) is 0 Å². The predicted octanol–water partition coefficient (Wildman–Crippen LogP) is 3.88. The third kappa shape index (κ3) is 4.78. The van der Waals surface area contributed by atoms with E-state index in [4.69, 9.17) is 4.74 Å². The summed E-state index contributed by atoms with van der Waals surface area (Å²) in [4.78, 5) is 13.0. The summed E-state index contributed by atoms with van der Waals surface area (Å²) in [7, 11) is -2.65. The highest BCUT2D eigenvalue weighted by atomic mass is 32.3. The minimum absolute atomic E-state index is 0.0341. The standard InChI is InChI=1S/C24H27F2N3O6S/c1-23(13-36(32,33)14-23)27-21(30)15-5-6-19-18(11-15)20(24(31)7-9-34-10-8-24)28-29(19)16-3-2-4-17(12-16)35-22(25)26/h2-6,11-12,22,31-33H,7-10,13-14H2,1H3,(H,27,30). The van der Waals surface area contributed by atoms with E-state index in [-0.39, 0.29) is 23.2 Å². The zero-order valence-electron chi connectivity index (χ0n) is 19.5. The van der Waals surface area contributed by atoms with E-state index in [0.29, 0.717) is 53.9 Å². The lowest BCUT2D eigenvalue weighted by atomic mass is 9.88. The van der Waals surface area contributed by atoms with Crippen LogP contribution in [-0.2, 0) is 10.3 Å². The maximum Gasteiger partial charge on any atom is 0.387 e. The van der Waals surface area contributed by atoms with Crippen LogP contribution in [0.15, 0.2) is 42.5 Å². The van der Waals surface area contributed by atoms with Crippen molar-refractivity contribution in [2.24, 2.45) is 0 Å². The number of halogens is 2. The van der Waals surface area contributed by atoms with Gasteiger partial charge in [0.25, 0.3) is 5.91 Å². The molecule has 0 bridgehead atoms. The molecule has 4 N–H and O–H groups in total. The molecule has 3 heterocycles. The van der Waals surface area contributed by atoms with E-state index in [9.17, 15) is 27.8 Å². The number of fused-ring (bicyclic) bond motifs is 1. The Morgan fingerprint density at radius 3 is 2.58 bits per heavy atom. The van der Waals surface area contributed by atoms with Gasteiger partial charge in [0.1, 0.15) is 17.0 Å². The molecular weight excluding hydrogens is 496 g/mol. The van der Waals surface area contributed by atoms with Gasteiger partial charge in [0.05, 0.1) is 28.2 Å². The summed E-state index contributed by atoms with van der Waals surface area (Å²) in [5.74, 6) is -0.241. The van der Waals surface area contributed by atoms with Crippen molar-refractivity contribution in [1.29, 1.82) is 0 Å². The Balaban J connectivity index is 1.56. The Hall–Kier alpha value is -2.77. The smallest absolute Gasteiger partial charge is 0.387 e. The van der Waals surface area contributed by atoms with Crippen molar-refractivity contribution in [2.75, 3.05) is 24.7 Å². The average Bonchev–Trinajstić information content (AvgIpc) is 3.17. The van der Waals surface area contributed by atoms with Crippen LogP contribution in [0.2, 0.25) is 0 Å². The van der Waals surface area contributed by atoms with Gasteiger partial charge < -0.3 is 19.9 Å². The van der Waals surface area contributed by atoms with Gasteiger partial charge in [-0.2, -0.15) is 24.5 Å². The van der Waals surface area contributed by atoms with Crippen LogP contribution >= 0.6 is 10.6 Å². The fraction of sp³-hybridized carbons (Fsp3) is 0.417. The normalized spacial score (nSPS) is 21.1. The Labute approximate surface area is 207 Å². The largest absolute Gasteiger partial charge is 0.435 e. The molecule has 2 fully saturated rings. The molecule has 5 rings (SSSR count). The van der Waals surface area contributed by atoms with Gasteiger partial charge in [-0.3, -0.25) is 13.9 Å². The first kappa shape index (κ1) is 24.9. The summed E-state index contributed by atoms with van der Waals surface area (Å²) in [6.07, 6.45) is 0.611. The van der Waals surface area contributed by atoms with Crippen molar-refractivity contribution >= 4 is 27.4 Å². The maximum atomic E-state index is 13.0. The fourth-order valence-electron chi connectivity index (χ4n) is 4.93. The lowest BCUT2D eigenvalue weighted by molar-refractivity contribution is -0.0698. The number of carbonyl (C=O) groups excluding carboxylic acids is 1. The summed E-state index contributed by atoms with van der Waals surface area (Å²) in [5, 5.41) is 19.5. The van der Waals surface area contributed by atoms with Gasteiger partial charge in [-0.15, -0.1) is 0 Å². The van der Waals surface area contributed by atoms with Crippen LogP contribution in [0.1, 0.15) is 35.8 Å². The Morgan fingerprint density at radius 1 is 1.19 bits per heavy atom. The number of benzene rings is 2. The SMILES string of the molecule is CC1(NC(=O)c2ccc3c(c2)c(C2(O)CCOCC2)nn3-c2cccc(OC(F)F)c2)CS(O)(O)C1. The molecule has 2 saturated heterocycles. The molecule has 12 heteroatoms. The van der Waals surface area contributed by atoms with Crippen molar-refractivity contribution in [3.05, 3.63) is 53.7 Å². The molecule has 194 valence electrons. The molecule has 2 aliphatic heterocycles. The topological polar surface area (TPSA) is 126 Å². The van der Waals surface area contributed by atoms with Crippen LogP contribution in [0.5, 0.6) is 5.75 Å². The summed E-state index contributed by atoms with van der Waals surface area (Å²) in [6.45, 7) is -0.541. The molecule has 1 aromatic heterocycles. The van der Waals surface area contributed by atoms with Gasteiger partial charge in [-0.25, -0.2) is 4.68 Å². The number of aromatic nitrogens is 2. The van der Waals surface area contributed by atoms with Crippen LogP contribution in [0.4, 0.5) is 8.78 Å². The highest BCUT2D eigenvalue weighted by Gasteiger charge is 2.46. The number of carbonyl (C=O) groups is 1. The summed E-state index contributed by atoms with van der Waals surface area (Å²) >= 11 is 0. The van der Waals surface area contributed by atoms with E-state index < -0.39 is 28.3 Å². The number of ether oxygens (including phenoxy) is 2. The highest BCUT2D eigenvalue weighted by Crippen LogP contribution is 2.53. The molecule has 0 spiro atoms. The van der Waals surface area contributed by atoms with Gasteiger partial charge >= 0.3 is 6.61 Å². The summed E-state index contributed by atoms with van der Waals surface area (Å²) < 4.78 is 56.5. The number of aliphatic hydroxyl groups is 1. The molecular formula is C24H27F2N3O6S. The fourth-order valence-corrected chi connectivity index (χ4v) is 7.03. The predicted molar refractivity (Wildman–Crippen MR) is 130 cm³/mol. The first-order chi connectivity index (χ1) is 17.0. The van der Waals surface area contributed by atoms with Crippen LogP contribution in [-0.4, -0.2) is 66.8 Å². The maximum absolute atomic E-state index is 13.0. The number of hydrogen-bond donors (Lipinski definition) is 4. The van der Waals surface area contributed by atoms with E-state index in [0.717, 1.165) is 0 Å². The second-order valence-corrected chi connectivity index (χ2v) is 11.8. The van der Waals surface area contributed by atoms with Crippen LogP contribution < -0.4 is 10.1 Å². The monoisotopic (exact) mass is 523 g/mol. The second-order valence-electron chi connectivity index (χ2n) is 9.62. The number of nitrogens with zero attached hydrogens (tertiary/aromatic N) is 2. The number of nitrogens with one attached hydrogen (secondary N) is 1. The molecule has 0 atom stereocenters. The zero-order chi connectivity index (χ0) is 25.7. The molecule has 2 aliphatic rings. The molecule has 1 amide bonds. The first-order valence-electron chi connectivity index (χ1n) is 11.4. The quantitative estimate of drug-likeness (QED) is 0.386. The lowest BCUT2D eigenvalue weighted by Crippen LogP contribution is -2.61. The van der Waals surface area contributed by atoms with E-state index >= 15 is 0 Å². The number of alkyl halides is 2. The molecule has 3 aromatic rings. The second kappa shape index (κ2) is 8.96. The molecule has 9 nitrogen and oxygen atoms in total. The Kier molecular flexibility index (Phi) is 6.20. The van der Waals surface area contributed by atoms with Crippen LogP contribution in [0, 0.1) is 0 Å². The van der Waals surface area contributed by atoms with Crippen LogP contribution in [0.3, 0.4) is 0 Å². The average molecular weight is 524 g/mol. The lowest BCUT2D eigenvalue weighted by Gasteiger charge is -2.54. The van der Waals surface area contributed by atoms with E-state index in [1.165, 1.54) is 16.8 Å². The third-order valence-corrected chi connectivity index (χ3v) is 8.70. The zero-order valence-corrected chi connectivity index (χ0v) is 20.3. The Bertz CT molecular complexity index is 1300. The molecule has 0 aliphatic carbocycles. The van der Waals surface area contributed by atoms with E-state index in [2.05, 4.69) is 15.2 Å². The van der Waals surface area contributed by atoms with Gasteiger partial charge in [-0.05, 0) is 37.3 Å². The molecule has 0 radical (unpaired) electrons. The molecule has 0 unspecified atom stereocenters. The van der Waals surface area contributed by atoms with Gasteiger partial charge in [0, 0.05) is 43.1 Å². The highest BCUT2D eigenvalue weighted by molar-refractivity contribution is 8.25. The summed E-state index contributed by atoms with van der Waals surface area (Å²) in [6, 6.07) is 11.0. The van der Waals surface area contributed by atoms with Crippen molar-refractivity contribution in [3.63, 3.8) is 0 Å². The molecule has 36 heavy (non-hydrogen) atoms. The number of hydrogen-bond acceptors (Lipinski definition) is 7. The first-order valence-corrected chi connectivity index (χ1v) is 13.3. The number of amides is 1. The third-order valence-electron chi connectivity index (χ3n) is 6.50. The minimum atomic E-state index is -2.98. The Morgan fingerprint density at radius 2 is 1.92 bits per heavy atom. The van der Waals surface area contributed by atoms with Crippen molar-refractivity contribution < 1.29 is 37.3 Å². The number of rotatable bonds is 6. The minimum Gasteiger partial charge on any atom is -0.435 e. The van der Waals surface area contributed by atoms with Crippen molar-refractivity contribution in [2.45, 2.75) is 37.5 Å². The van der Waals surface area contributed by atoms with Gasteiger partial charge in [0.2, 0.25) is 0 Å². The van der Waals surface area contributed by atoms with Crippen LogP contribution in [0.25, 0.3) is 16.6 Å². The van der Waals surface area contributed by atoms with E-state index in [1.54, 1.807) is 37.3 Å². The summed E-state index contributed by atoms with van der Waals surface area (Å²) in [5.41, 5.74) is -0.325. The van der Waals surface area contributed by atoms with Crippen molar-refractivity contribution in [1.82, 2.24) is 15.1 Å². The molecule has 0 saturated carbocycles. The van der Waals surface area contributed by atoms with Gasteiger partial charge in [-0.1, -0.05) is 6.07 Å². The van der Waals surface area contributed by atoms with E-state index in [1.807, 2.05) is 0 Å².